The minimum Gasteiger partial charge on any atom is -0.385 e. The van der Waals surface area contributed by atoms with Crippen LogP contribution in [-0.4, -0.2) is 45.1 Å². The molecule has 0 aliphatic carbocycles. The van der Waals surface area contributed by atoms with Gasteiger partial charge in [0, 0.05) is 40.0 Å². The molecule has 0 aliphatic rings. The van der Waals surface area contributed by atoms with Crippen molar-refractivity contribution in [1.82, 2.24) is 10.6 Å². The summed E-state index contributed by atoms with van der Waals surface area (Å²) in [5, 5.41) is 7.00. The number of nitrogens with one attached hydrogen (secondary N) is 2. The standard InChI is InChI=1S/C12H26N2O2S/c1-3-4-10-16-11-6-8-14-12(17)13-7-5-9-15-2/h3-11H2,1-2H3,(H2,13,14,17). The third-order valence-corrected chi connectivity index (χ3v) is 2.49. The highest BCUT2D eigenvalue weighted by molar-refractivity contribution is 7.80. The smallest absolute Gasteiger partial charge is 0.166 e. The first kappa shape index (κ1) is 16.6. The Morgan fingerprint density at radius 3 is 2.18 bits per heavy atom. The van der Waals surface area contributed by atoms with E-state index in [9.17, 15) is 0 Å². The molecular weight excluding hydrogens is 236 g/mol. The van der Waals surface area contributed by atoms with E-state index < -0.39 is 0 Å². The summed E-state index contributed by atoms with van der Waals surface area (Å²) in [6.45, 7) is 6.32. The van der Waals surface area contributed by atoms with E-state index in [1.807, 2.05) is 0 Å². The number of ether oxygens (including phenoxy) is 2. The second-order valence-electron chi connectivity index (χ2n) is 3.85. The number of thiocarbonyl (C=S) groups is 1. The molecule has 102 valence electrons. The first-order valence-electron chi connectivity index (χ1n) is 6.39. The average Bonchev–Trinajstić information content (AvgIpc) is 2.33. The van der Waals surface area contributed by atoms with Gasteiger partial charge < -0.3 is 20.1 Å². The highest BCUT2D eigenvalue weighted by Crippen LogP contribution is 1.89. The summed E-state index contributed by atoms with van der Waals surface area (Å²) in [6, 6.07) is 0. The summed E-state index contributed by atoms with van der Waals surface area (Å²) in [6.07, 6.45) is 4.29. The van der Waals surface area contributed by atoms with Crippen molar-refractivity contribution < 1.29 is 9.47 Å². The van der Waals surface area contributed by atoms with E-state index in [0.29, 0.717) is 0 Å². The molecule has 4 nitrogen and oxygen atoms in total. The van der Waals surface area contributed by atoms with Crippen molar-refractivity contribution in [2.75, 3.05) is 40.0 Å². The topological polar surface area (TPSA) is 42.5 Å². The monoisotopic (exact) mass is 262 g/mol. The van der Waals surface area contributed by atoms with Crippen LogP contribution in [0.3, 0.4) is 0 Å². The Kier molecular flexibility index (Phi) is 13.4. The zero-order chi connectivity index (χ0) is 12.8. The van der Waals surface area contributed by atoms with Crippen LogP contribution >= 0.6 is 12.2 Å². The molecule has 0 amide bonds. The van der Waals surface area contributed by atoms with Crippen molar-refractivity contribution in [3.8, 4) is 0 Å². The number of rotatable bonds is 11. The van der Waals surface area contributed by atoms with Crippen LogP contribution in [0.4, 0.5) is 0 Å². The lowest BCUT2D eigenvalue weighted by atomic mass is 10.4. The van der Waals surface area contributed by atoms with Crippen molar-refractivity contribution in [2.45, 2.75) is 32.6 Å². The van der Waals surface area contributed by atoms with Crippen LogP contribution < -0.4 is 10.6 Å². The molecule has 0 saturated heterocycles. The number of methoxy groups -OCH3 is 1. The van der Waals surface area contributed by atoms with Gasteiger partial charge in [-0.05, 0) is 31.5 Å². The van der Waals surface area contributed by atoms with Gasteiger partial charge in [0.2, 0.25) is 0 Å². The van der Waals surface area contributed by atoms with Crippen molar-refractivity contribution in [2.24, 2.45) is 0 Å². The van der Waals surface area contributed by atoms with E-state index >= 15 is 0 Å². The Balaban J connectivity index is 3.11. The SMILES string of the molecule is CCCCOCCCNC(=S)NCCCOC. The van der Waals surface area contributed by atoms with Gasteiger partial charge in [-0.2, -0.15) is 0 Å². The number of unbranched alkanes of at least 4 members (excludes halogenated alkanes) is 1. The summed E-state index contributed by atoms with van der Waals surface area (Å²) < 4.78 is 10.4. The Morgan fingerprint density at radius 2 is 1.59 bits per heavy atom. The molecule has 17 heavy (non-hydrogen) atoms. The second-order valence-corrected chi connectivity index (χ2v) is 4.26. The van der Waals surface area contributed by atoms with Gasteiger partial charge in [0.1, 0.15) is 0 Å². The largest absolute Gasteiger partial charge is 0.385 e. The zero-order valence-corrected chi connectivity index (χ0v) is 11.9. The summed E-state index contributed by atoms with van der Waals surface area (Å²) in [7, 11) is 1.70. The fraction of sp³-hybridized carbons (Fsp3) is 0.917. The quantitative estimate of drug-likeness (QED) is 0.438. The van der Waals surface area contributed by atoms with Crippen molar-refractivity contribution in [3.05, 3.63) is 0 Å². The van der Waals surface area contributed by atoms with Gasteiger partial charge in [0.25, 0.3) is 0 Å². The van der Waals surface area contributed by atoms with Gasteiger partial charge in [-0.1, -0.05) is 13.3 Å². The van der Waals surface area contributed by atoms with E-state index in [2.05, 4.69) is 17.6 Å². The minimum atomic E-state index is 0.717. The third-order valence-electron chi connectivity index (χ3n) is 2.20. The lowest BCUT2D eigenvalue weighted by molar-refractivity contribution is 0.129. The normalized spacial score (nSPS) is 10.2. The highest BCUT2D eigenvalue weighted by atomic mass is 32.1. The lowest BCUT2D eigenvalue weighted by Gasteiger charge is -2.10. The summed E-state index contributed by atoms with van der Waals surface area (Å²) in [4.78, 5) is 0. The van der Waals surface area contributed by atoms with Crippen LogP contribution in [0.5, 0.6) is 0 Å². The summed E-state index contributed by atoms with van der Waals surface area (Å²) in [5.74, 6) is 0. The van der Waals surface area contributed by atoms with Gasteiger partial charge in [-0.25, -0.2) is 0 Å². The van der Waals surface area contributed by atoms with E-state index in [4.69, 9.17) is 21.7 Å². The molecule has 0 atom stereocenters. The van der Waals surface area contributed by atoms with E-state index in [-0.39, 0.29) is 0 Å². The predicted octanol–water partition coefficient (Wildman–Crippen LogP) is 1.69. The van der Waals surface area contributed by atoms with Gasteiger partial charge in [0.05, 0.1) is 0 Å². The Hall–Kier alpha value is -0.390. The molecule has 0 aromatic carbocycles. The maximum absolute atomic E-state index is 5.45. The first-order valence-corrected chi connectivity index (χ1v) is 6.80. The Morgan fingerprint density at radius 1 is 1.00 bits per heavy atom. The van der Waals surface area contributed by atoms with Gasteiger partial charge >= 0.3 is 0 Å². The zero-order valence-electron chi connectivity index (χ0n) is 11.1. The maximum atomic E-state index is 5.45. The highest BCUT2D eigenvalue weighted by Gasteiger charge is 1.94. The van der Waals surface area contributed by atoms with E-state index in [1.54, 1.807) is 7.11 Å². The molecule has 0 heterocycles. The lowest BCUT2D eigenvalue weighted by Crippen LogP contribution is -2.36. The maximum Gasteiger partial charge on any atom is 0.166 e. The molecule has 0 aliphatic heterocycles. The van der Waals surface area contributed by atoms with Crippen LogP contribution in [-0.2, 0) is 9.47 Å². The predicted molar refractivity (Wildman–Crippen MR) is 75.4 cm³/mol. The van der Waals surface area contributed by atoms with Crippen LogP contribution in [0.15, 0.2) is 0 Å². The summed E-state index contributed by atoms with van der Waals surface area (Å²) in [5.41, 5.74) is 0. The molecule has 0 rings (SSSR count). The fourth-order valence-corrected chi connectivity index (χ4v) is 1.41. The fourth-order valence-electron chi connectivity index (χ4n) is 1.21. The van der Waals surface area contributed by atoms with Crippen LogP contribution in [0.25, 0.3) is 0 Å². The Bertz CT molecular complexity index is 180. The number of hydrogen-bond acceptors (Lipinski definition) is 3. The molecule has 0 radical (unpaired) electrons. The number of hydrogen-bond donors (Lipinski definition) is 2. The molecular formula is C12H26N2O2S. The first-order chi connectivity index (χ1) is 8.31. The van der Waals surface area contributed by atoms with Crippen LogP contribution in [0.1, 0.15) is 32.6 Å². The summed E-state index contributed by atoms with van der Waals surface area (Å²) >= 11 is 5.12. The Labute approximate surface area is 110 Å². The van der Waals surface area contributed by atoms with Crippen LogP contribution in [0, 0.1) is 0 Å². The van der Waals surface area contributed by atoms with Crippen molar-refractivity contribution in [1.29, 1.82) is 0 Å². The van der Waals surface area contributed by atoms with Gasteiger partial charge in [0.15, 0.2) is 5.11 Å². The molecule has 2 N–H and O–H groups in total. The minimum absolute atomic E-state index is 0.717. The third kappa shape index (κ3) is 13.5. The molecule has 5 heteroatoms. The molecule has 0 unspecified atom stereocenters. The average molecular weight is 262 g/mol. The van der Waals surface area contributed by atoms with Crippen LogP contribution in [0.2, 0.25) is 0 Å². The molecule has 0 fully saturated rings. The molecule has 0 spiro atoms. The molecule has 0 aromatic heterocycles. The van der Waals surface area contributed by atoms with E-state index in [0.717, 1.165) is 57.3 Å². The van der Waals surface area contributed by atoms with Crippen molar-refractivity contribution in [3.63, 3.8) is 0 Å². The van der Waals surface area contributed by atoms with Crippen molar-refractivity contribution >= 4 is 17.3 Å². The molecule has 0 aromatic rings. The molecule has 0 bridgehead atoms. The van der Waals surface area contributed by atoms with Gasteiger partial charge in [-0.3, -0.25) is 0 Å². The second kappa shape index (κ2) is 13.7. The van der Waals surface area contributed by atoms with Gasteiger partial charge in [-0.15, -0.1) is 0 Å². The molecule has 0 saturated carbocycles. The van der Waals surface area contributed by atoms with E-state index in [1.165, 1.54) is 6.42 Å².